The maximum atomic E-state index is 12.4. The number of carbonyl (C=O) groups is 1. The molecule has 0 bridgehead atoms. The molecule has 1 heterocycles. The van der Waals surface area contributed by atoms with Gasteiger partial charge < -0.3 is 19.5 Å². The third-order valence-electron chi connectivity index (χ3n) is 4.67. The summed E-state index contributed by atoms with van der Waals surface area (Å²) in [6.07, 6.45) is -0.694. The van der Waals surface area contributed by atoms with Crippen LogP contribution in [0.25, 0.3) is 11.3 Å². The van der Waals surface area contributed by atoms with E-state index in [2.05, 4.69) is 10.4 Å². The summed E-state index contributed by atoms with van der Waals surface area (Å²) in [5.41, 5.74) is 1.23. The van der Waals surface area contributed by atoms with Crippen molar-refractivity contribution in [3.05, 3.63) is 71.0 Å². The molecule has 1 unspecified atom stereocenters. The fraction of sp³-hybridized carbons (Fsp3) is 0.292. The van der Waals surface area contributed by atoms with Crippen LogP contribution < -0.4 is 25.1 Å². The molecule has 0 aliphatic heterocycles. The van der Waals surface area contributed by atoms with Gasteiger partial charge in [0.2, 0.25) is 0 Å². The summed E-state index contributed by atoms with van der Waals surface area (Å²) in [6, 6.07) is 17.6. The van der Waals surface area contributed by atoms with Gasteiger partial charge in [-0.15, -0.1) is 0 Å². The minimum atomic E-state index is -0.694. The van der Waals surface area contributed by atoms with Crippen LogP contribution in [0.3, 0.4) is 0 Å². The number of hydrogen-bond donors (Lipinski definition) is 1. The molecule has 32 heavy (non-hydrogen) atoms. The van der Waals surface area contributed by atoms with E-state index in [1.165, 1.54) is 10.7 Å². The van der Waals surface area contributed by atoms with Gasteiger partial charge in [0.1, 0.15) is 17.2 Å². The van der Waals surface area contributed by atoms with Crippen molar-refractivity contribution in [2.45, 2.75) is 26.5 Å². The van der Waals surface area contributed by atoms with Crippen LogP contribution in [0.2, 0.25) is 0 Å². The molecule has 0 saturated heterocycles. The molecule has 0 aliphatic carbocycles. The molecule has 3 aromatic rings. The fourth-order valence-corrected chi connectivity index (χ4v) is 3.01. The Kier molecular flexibility index (Phi) is 7.85. The zero-order valence-corrected chi connectivity index (χ0v) is 18.4. The first-order valence-corrected chi connectivity index (χ1v) is 10.4. The molecule has 1 amide bonds. The summed E-state index contributed by atoms with van der Waals surface area (Å²) in [5, 5.41) is 7.18. The van der Waals surface area contributed by atoms with E-state index in [9.17, 15) is 9.59 Å². The fourth-order valence-electron chi connectivity index (χ4n) is 3.01. The minimum Gasteiger partial charge on any atom is -0.497 e. The first-order valence-electron chi connectivity index (χ1n) is 10.4. The number of benzene rings is 2. The average molecular weight is 437 g/mol. The number of nitrogens with zero attached hydrogens (tertiary/aromatic N) is 2. The lowest BCUT2D eigenvalue weighted by atomic mass is 10.1. The Morgan fingerprint density at radius 2 is 1.81 bits per heavy atom. The second-order valence-corrected chi connectivity index (χ2v) is 6.97. The van der Waals surface area contributed by atoms with Crippen LogP contribution in [0.1, 0.15) is 13.8 Å². The number of hydrogen-bond acceptors (Lipinski definition) is 6. The van der Waals surface area contributed by atoms with Gasteiger partial charge in [-0.05, 0) is 56.3 Å². The van der Waals surface area contributed by atoms with Crippen molar-refractivity contribution >= 4 is 5.91 Å². The van der Waals surface area contributed by atoms with Crippen molar-refractivity contribution in [1.29, 1.82) is 0 Å². The lowest BCUT2D eigenvalue weighted by Crippen LogP contribution is -2.39. The van der Waals surface area contributed by atoms with Crippen LogP contribution in [-0.4, -0.2) is 42.1 Å². The van der Waals surface area contributed by atoms with Crippen molar-refractivity contribution in [2.24, 2.45) is 0 Å². The highest BCUT2D eigenvalue weighted by molar-refractivity contribution is 5.80. The van der Waals surface area contributed by atoms with Crippen LogP contribution >= 0.6 is 0 Å². The molecule has 1 N–H and O–H groups in total. The SMILES string of the molecule is CCOc1ccc(OC(C)C(=O)NCCn2nc(-c3cccc(OC)c3)ccc2=O)cc1. The zero-order valence-electron chi connectivity index (χ0n) is 18.4. The van der Waals surface area contributed by atoms with Gasteiger partial charge in [0.25, 0.3) is 11.5 Å². The maximum Gasteiger partial charge on any atom is 0.266 e. The van der Waals surface area contributed by atoms with Crippen LogP contribution in [0.4, 0.5) is 0 Å². The molecular weight excluding hydrogens is 410 g/mol. The monoisotopic (exact) mass is 437 g/mol. The number of ether oxygens (including phenoxy) is 3. The van der Waals surface area contributed by atoms with Crippen molar-refractivity contribution in [2.75, 3.05) is 20.3 Å². The summed E-state index contributed by atoms with van der Waals surface area (Å²) in [4.78, 5) is 24.5. The Morgan fingerprint density at radius 1 is 1.06 bits per heavy atom. The Labute approximate surface area is 186 Å². The minimum absolute atomic E-state index is 0.234. The van der Waals surface area contributed by atoms with E-state index >= 15 is 0 Å². The molecule has 0 radical (unpaired) electrons. The molecule has 2 aromatic carbocycles. The van der Waals surface area contributed by atoms with Gasteiger partial charge >= 0.3 is 0 Å². The van der Waals surface area contributed by atoms with Gasteiger partial charge in [-0.2, -0.15) is 5.10 Å². The zero-order chi connectivity index (χ0) is 22.9. The smallest absolute Gasteiger partial charge is 0.266 e. The van der Waals surface area contributed by atoms with Gasteiger partial charge in [0, 0.05) is 18.2 Å². The van der Waals surface area contributed by atoms with Crippen LogP contribution in [0.5, 0.6) is 17.2 Å². The van der Waals surface area contributed by atoms with E-state index in [0.29, 0.717) is 23.8 Å². The van der Waals surface area contributed by atoms with Crippen LogP contribution in [0.15, 0.2) is 65.5 Å². The predicted octanol–water partition coefficient (Wildman–Crippen LogP) is 2.90. The third-order valence-corrected chi connectivity index (χ3v) is 4.67. The van der Waals surface area contributed by atoms with Crippen LogP contribution in [0, 0.1) is 0 Å². The Balaban J connectivity index is 1.56. The Morgan fingerprint density at radius 3 is 2.53 bits per heavy atom. The summed E-state index contributed by atoms with van der Waals surface area (Å²) >= 11 is 0. The van der Waals surface area contributed by atoms with Crippen molar-refractivity contribution < 1.29 is 19.0 Å². The maximum absolute atomic E-state index is 12.4. The van der Waals surface area contributed by atoms with E-state index in [1.54, 1.807) is 44.4 Å². The highest BCUT2D eigenvalue weighted by Crippen LogP contribution is 2.21. The number of carbonyl (C=O) groups excluding carboxylic acids is 1. The molecule has 0 saturated carbocycles. The Bertz CT molecular complexity index is 1100. The quantitative estimate of drug-likeness (QED) is 0.524. The third kappa shape index (κ3) is 6.10. The van der Waals surface area contributed by atoms with Crippen molar-refractivity contribution in [3.63, 3.8) is 0 Å². The second-order valence-electron chi connectivity index (χ2n) is 6.97. The number of rotatable bonds is 10. The number of nitrogens with one attached hydrogen (secondary N) is 1. The second kappa shape index (κ2) is 11.0. The number of methoxy groups -OCH3 is 1. The van der Waals surface area contributed by atoms with E-state index < -0.39 is 6.10 Å². The largest absolute Gasteiger partial charge is 0.497 e. The molecule has 0 spiro atoms. The van der Waals surface area contributed by atoms with E-state index in [4.69, 9.17) is 14.2 Å². The van der Waals surface area contributed by atoms with Gasteiger partial charge in [-0.3, -0.25) is 9.59 Å². The van der Waals surface area contributed by atoms with E-state index in [1.807, 2.05) is 31.2 Å². The lowest BCUT2D eigenvalue weighted by Gasteiger charge is -2.15. The first-order chi connectivity index (χ1) is 15.5. The number of amides is 1. The van der Waals surface area contributed by atoms with E-state index in [0.717, 1.165) is 11.3 Å². The van der Waals surface area contributed by atoms with Gasteiger partial charge in [0.15, 0.2) is 6.10 Å². The summed E-state index contributed by atoms with van der Waals surface area (Å²) < 4.78 is 17.6. The molecule has 0 fully saturated rings. The molecule has 168 valence electrons. The van der Waals surface area contributed by atoms with Gasteiger partial charge in [0.05, 0.1) is 26.0 Å². The van der Waals surface area contributed by atoms with Crippen molar-refractivity contribution in [1.82, 2.24) is 15.1 Å². The molecular formula is C24H27N3O5. The topological polar surface area (TPSA) is 91.7 Å². The number of aromatic nitrogens is 2. The van der Waals surface area contributed by atoms with Crippen LogP contribution in [-0.2, 0) is 11.3 Å². The highest BCUT2D eigenvalue weighted by atomic mass is 16.5. The normalized spacial score (nSPS) is 11.5. The molecule has 3 rings (SSSR count). The lowest BCUT2D eigenvalue weighted by molar-refractivity contribution is -0.127. The summed E-state index contributed by atoms with van der Waals surface area (Å²) in [5.74, 6) is 1.73. The average Bonchev–Trinajstić information content (AvgIpc) is 2.81. The summed E-state index contributed by atoms with van der Waals surface area (Å²) in [6.45, 7) is 4.64. The molecule has 0 aliphatic rings. The molecule has 8 nitrogen and oxygen atoms in total. The molecule has 1 aromatic heterocycles. The van der Waals surface area contributed by atoms with Crippen molar-refractivity contribution in [3.8, 4) is 28.5 Å². The van der Waals surface area contributed by atoms with E-state index in [-0.39, 0.29) is 24.6 Å². The Hall–Kier alpha value is -3.81. The predicted molar refractivity (Wildman–Crippen MR) is 121 cm³/mol. The van der Waals surface area contributed by atoms with Gasteiger partial charge in [-0.1, -0.05) is 12.1 Å². The standard InChI is InChI=1S/C24H27N3O5/c1-4-31-19-8-10-20(11-9-19)32-17(2)24(29)25-14-15-27-23(28)13-12-22(26-27)18-6-5-7-21(16-18)30-3/h5-13,16-17H,4,14-15H2,1-3H3,(H,25,29). The highest BCUT2D eigenvalue weighted by Gasteiger charge is 2.14. The summed E-state index contributed by atoms with van der Waals surface area (Å²) in [7, 11) is 1.59. The van der Waals surface area contributed by atoms with Gasteiger partial charge in [-0.25, -0.2) is 4.68 Å². The first kappa shape index (κ1) is 22.9. The molecule has 8 heteroatoms. The molecule has 1 atom stereocenters.